The van der Waals surface area contributed by atoms with Gasteiger partial charge in [0.25, 0.3) is 0 Å². The average molecular weight is 429 g/mol. The maximum absolute atomic E-state index is 6.09. The first-order valence-corrected chi connectivity index (χ1v) is 11.8. The first kappa shape index (κ1) is 20.7. The van der Waals surface area contributed by atoms with Gasteiger partial charge in [-0.2, -0.15) is 0 Å². The van der Waals surface area contributed by atoms with Crippen molar-refractivity contribution < 1.29 is 14.2 Å². The highest BCUT2D eigenvalue weighted by atomic mass is 16.5. The van der Waals surface area contributed by atoms with Crippen LogP contribution in [-0.2, 0) is 4.74 Å². The lowest BCUT2D eigenvalue weighted by Gasteiger charge is -2.63. The molecule has 1 aromatic carbocycles. The Hall–Kier alpha value is -2.15. The molecule has 1 aromatic rings. The quantitative estimate of drug-likeness (QED) is 0.537. The maximum Gasteiger partial charge on any atom is 0.191 e. The van der Waals surface area contributed by atoms with Crippen molar-refractivity contribution in [1.82, 2.24) is 10.6 Å². The van der Waals surface area contributed by atoms with Gasteiger partial charge in [0.2, 0.25) is 0 Å². The topological polar surface area (TPSA) is 67.4 Å². The van der Waals surface area contributed by atoms with Gasteiger partial charge in [-0.1, -0.05) is 6.42 Å². The van der Waals surface area contributed by atoms with Crippen molar-refractivity contribution in [1.29, 1.82) is 0 Å². The highest BCUT2D eigenvalue weighted by Crippen LogP contribution is 2.62. The number of aliphatic imine (C=N–C) groups is 1. The van der Waals surface area contributed by atoms with Crippen LogP contribution >= 0.6 is 0 Å². The summed E-state index contributed by atoms with van der Waals surface area (Å²) in [6.45, 7) is 5.74. The molecule has 4 unspecified atom stereocenters. The van der Waals surface area contributed by atoms with Gasteiger partial charge in [-0.15, -0.1) is 0 Å². The van der Waals surface area contributed by atoms with Gasteiger partial charge in [-0.05, 0) is 32.6 Å². The molecule has 170 valence electrons. The fourth-order valence-electron chi connectivity index (χ4n) is 6.18. The minimum Gasteiger partial charge on any atom is -0.497 e. The summed E-state index contributed by atoms with van der Waals surface area (Å²) in [5.74, 6) is 3.27. The molecule has 7 nitrogen and oxygen atoms in total. The van der Waals surface area contributed by atoms with Crippen LogP contribution in [0.3, 0.4) is 0 Å². The Morgan fingerprint density at radius 1 is 1.16 bits per heavy atom. The van der Waals surface area contributed by atoms with E-state index in [2.05, 4.69) is 34.6 Å². The second-order valence-corrected chi connectivity index (χ2v) is 9.42. The van der Waals surface area contributed by atoms with Crippen molar-refractivity contribution in [2.45, 2.75) is 57.2 Å². The van der Waals surface area contributed by atoms with Crippen molar-refractivity contribution in [3.8, 4) is 11.5 Å². The molecule has 2 N–H and O–H groups in total. The van der Waals surface area contributed by atoms with Crippen LogP contribution in [0.1, 0.15) is 39.0 Å². The van der Waals surface area contributed by atoms with Crippen molar-refractivity contribution in [3.05, 3.63) is 18.2 Å². The fourth-order valence-corrected chi connectivity index (χ4v) is 6.18. The number of nitrogens with zero attached hydrogens (tertiary/aromatic N) is 2. The van der Waals surface area contributed by atoms with Gasteiger partial charge >= 0.3 is 0 Å². The monoisotopic (exact) mass is 428 g/mol. The lowest BCUT2D eigenvalue weighted by Crippen LogP contribution is -2.72. The first-order chi connectivity index (χ1) is 15.2. The molecule has 2 aliphatic heterocycles. The van der Waals surface area contributed by atoms with Gasteiger partial charge in [0, 0.05) is 73.5 Å². The number of nitrogens with one attached hydrogen (secondary N) is 2. The third kappa shape index (κ3) is 3.60. The van der Waals surface area contributed by atoms with Crippen LogP contribution in [0, 0.1) is 11.3 Å². The second kappa shape index (κ2) is 8.41. The molecule has 2 saturated heterocycles. The minimum atomic E-state index is 0.357. The average Bonchev–Trinajstić information content (AvgIpc) is 3.39. The zero-order chi connectivity index (χ0) is 21.4. The van der Waals surface area contributed by atoms with E-state index in [-0.39, 0.29) is 0 Å². The Morgan fingerprint density at radius 3 is 2.58 bits per heavy atom. The first-order valence-electron chi connectivity index (χ1n) is 11.8. The number of fused-ring (bicyclic) bond motifs is 2. The second-order valence-electron chi connectivity index (χ2n) is 9.42. The van der Waals surface area contributed by atoms with Gasteiger partial charge in [-0.25, -0.2) is 0 Å². The third-order valence-electron chi connectivity index (χ3n) is 7.87. The van der Waals surface area contributed by atoms with Crippen molar-refractivity contribution >= 4 is 11.6 Å². The van der Waals surface area contributed by atoms with Gasteiger partial charge in [-0.3, -0.25) is 4.99 Å². The van der Waals surface area contributed by atoms with Crippen LogP contribution in [0.5, 0.6) is 11.5 Å². The zero-order valence-corrected chi connectivity index (χ0v) is 19.0. The summed E-state index contributed by atoms with van der Waals surface area (Å²) in [5.41, 5.74) is 1.50. The molecule has 31 heavy (non-hydrogen) atoms. The van der Waals surface area contributed by atoms with Crippen molar-refractivity contribution in [3.63, 3.8) is 0 Å². The zero-order valence-electron chi connectivity index (χ0n) is 19.0. The Balaban J connectivity index is 1.23. The predicted molar refractivity (Wildman–Crippen MR) is 122 cm³/mol. The van der Waals surface area contributed by atoms with Crippen LogP contribution in [0.15, 0.2) is 23.2 Å². The van der Waals surface area contributed by atoms with Crippen LogP contribution in [-0.4, -0.2) is 64.6 Å². The molecular weight excluding hydrogens is 392 g/mol. The third-order valence-corrected chi connectivity index (χ3v) is 7.87. The van der Waals surface area contributed by atoms with Crippen LogP contribution in [0.25, 0.3) is 0 Å². The molecule has 7 heteroatoms. The number of benzene rings is 1. The molecule has 2 heterocycles. The summed E-state index contributed by atoms with van der Waals surface area (Å²) in [6.07, 6.45) is 6.65. The molecule has 2 aliphatic carbocycles. The molecule has 2 saturated carbocycles. The van der Waals surface area contributed by atoms with E-state index in [1.165, 1.54) is 25.7 Å². The number of hydrogen-bond acceptors (Lipinski definition) is 5. The van der Waals surface area contributed by atoms with Crippen LogP contribution in [0.4, 0.5) is 5.69 Å². The highest BCUT2D eigenvalue weighted by Gasteiger charge is 2.66. The standard InChI is InChI=1S/C24H36N4O3/c1-4-25-23(27-21-20-7-11-31-22(20)24(21)8-5-9-24)26-16-6-10-28(15-16)17-12-18(29-2)14-19(13-17)30-3/h12-14,16,20-22H,4-11,15H2,1-3H3,(H2,25,26,27). The fraction of sp³-hybridized carbons (Fsp3) is 0.708. The molecule has 0 amide bonds. The molecule has 0 aromatic heterocycles. The number of guanidine groups is 1. The molecule has 4 atom stereocenters. The van der Waals surface area contributed by atoms with E-state index in [1.54, 1.807) is 14.2 Å². The van der Waals surface area contributed by atoms with Gasteiger partial charge in [0.15, 0.2) is 5.96 Å². The Labute approximate surface area is 185 Å². The molecule has 4 fully saturated rings. The number of anilines is 1. The van der Waals surface area contributed by atoms with E-state index >= 15 is 0 Å². The summed E-state index contributed by atoms with van der Waals surface area (Å²) in [7, 11) is 3.39. The van der Waals surface area contributed by atoms with Gasteiger partial charge in [0.1, 0.15) is 11.5 Å². The van der Waals surface area contributed by atoms with Crippen LogP contribution in [0.2, 0.25) is 0 Å². The van der Waals surface area contributed by atoms with Gasteiger partial charge in [0.05, 0.1) is 20.3 Å². The molecule has 1 spiro atoms. The van der Waals surface area contributed by atoms with Crippen molar-refractivity contribution in [2.24, 2.45) is 16.3 Å². The summed E-state index contributed by atoms with van der Waals surface area (Å²) in [6, 6.07) is 6.95. The number of ether oxygens (including phenoxy) is 3. The Morgan fingerprint density at radius 2 is 1.94 bits per heavy atom. The van der Waals surface area contributed by atoms with E-state index in [0.29, 0.717) is 29.5 Å². The predicted octanol–water partition coefficient (Wildman–Crippen LogP) is 2.80. The maximum atomic E-state index is 6.09. The van der Waals surface area contributed by atoms with E-state index in [4.69, 9.17) is 19.2 Å². The van der Waals surface area contributed by atoms with E-state index in [0.717, 1.165) is 55.8 Å². The summed E-state index contributed by atoms with van der Waals surface area (Å²) in [4.78, 5) is 7.19. The Bertz CT molecular complexity index is 803. The minimum absolute atomic E-state index is 0.357. The van der Waals surface area contributed by atoms with Crippen LogP contribution < -0.4 is 25.0 Å². The smallest absolute Gasteiger partial charge is 0.191 e. The molecule has 0 radical (unpaired) electrons. The number of rotatable bonds is 6. The summed E-state index contributed by atoms with van der Waals surface area (Å²) < 4.78 is 17.0. The number of hydrogen-bond donors (Lipinski definition) is 2. The molecule has 0 bridgehead atoms. The van der Waals surface area contributed by atoms with Gasteiger partial charge < -0.3 is 29.7 Å². The highest BCUT2D eigenvalue weighted by molar-refractivity contribution is 5.81. The summed E-state index contributed by atoms with van der Waals surface area (Å²) in [5, 5.41) is 7.57. The molecular formula is C24H36N4O3. The van der Waals surface area contributed by atoms with E-state index < -0.39 is 0 Å². The summed E-state index contributed by atoms with van der Waals surface area (Å²) >= 11 is 0. The van der Waals surface area contributed by atoms with E-state index in [1.807, 2.05) is 6.07 Å². The SMILES string of the molecule is CCN=C(NC1CCN(c2cc(OC)cc(OC)c2)C1)NC1C2CCOC2C12CCC2. The largest absolute Gasteiger partial charge is 0.497 e. The lowest BCUT2D eigenvalue weighted by atomic mass is 9.46. The molecule has 5 rings (SSSR count). The van der Waals surface area contributed by atoms with E-state index in [9.17, 15) is 0 Å². The molecule has 4 aliphatic rings. The van der Waals surface area contributed by atoms with Crippen molar-refractivity contribution in [2.75, 3.05) is 45.4 Å². The number of methoxy groups -OCH3 is 2. The normalized spacial score (nSPS) is 31.1. The lowest BCUT2D eigenvalue weighted by molar-refractivity contribution is -0.171. The Kier molecular flexibility index (Phi) is 5.63.